The summed E-state index contributed by atoms with van der Waals surface area (Å²) in [5.74, 6) is 1.48. The number of amides is 1. The number of carbonyl (C=O) groups excluding carboxylic acids is 2. The number of Topliss-reactive ketones (excluding diaryl/α,β-unsaturated/α-hetero) is 1. The van der Waals surface area contributed by atoms with Crippen molar-refractivity contribution in [1.29, 1.82) is 0 Å². The molecule has 1 fully saturated rings. The first-order valence-corrected chi connectivity index (χ1v) is 11.2. The van der Waals surface area contributed by atoms with Crippen LogP contribution in [0.3, 0.4) is 0 Å². The average molecular weight is 438 g/mol. The fourth-order valence-electron chi connectivity index (χ4n) is 4.16. The number of rotatable bonds is 7. The Labute approximate surface area is 189 Å². The third kappa shape index (κ3) is 5.40. The van der Waals surface area contributed by atoms with Crippen LogP contribution in [0.15, 0.2) is 42.5 Å². The average Bonchev–Trinajstić information content (AvgIpc) is 2.82. The van der Waals surface area contributed by atoms with Gasteiger partial charge in [-0.2, -0.15) is 0 Å². The summed E-state index contributed by atoms with van der Waals surface area (Å²) < 4.78 is 11.1. The monoisotopic (exact) mass is 437 g/mol. The lowest BCUT2D eigenvalue weighted by atomic mass is 9.88. The van der Waals surface area contributed by atoms with Gasteiger partial charge in [-0.25, -0.2) is 0 Å². The zero-order valence-electron chi connectivity index (χ0n) is 18.8. The molecule has 170 valence electrons. The van der Waals surface area contributed by atoms with Crippen molar-refractivity contribution in [3.8, 4) is 11.5 Å². The molecular formula is C25H31N3O4. The Morgan fingerprint density at radius 2 is 1.69 bits per heavy atom. The maximum absolute atomic E-state index is 12.9. The second-order valence-corrected chi connectivity index (χ2v) is 8.61. The molecule has 0 spiro atoms. The van der Waals surface area contributed by atoms with E-state index in [4.69, 9.17) is 9.47 Å². The van der Waals surface area contributed by atoms with Gasteiger partial charge in [-0.15, -0.1) is 0 Å². The van der Waals surface area contributed by atoms with Crippen LogP contribution in [0.25, 0.3) is 0 Å². The normalized spacial score (nSPS) is 16.4. The third-order valence-electron chi connectivity index (χ3n) is 6.09. The third-order valence-corrected chi connectivity index (χ3v) is 6.09. The molecule has 0 radical (unpaired) electrons. The van der Waals surface area contributed by atoms with Crippen molar-refractivity contribution in [2.45, 2.75) is 19.4 Å². The highest BCUT2D eigenvalue weighted by molar-refractivity contribution is 5.98. The number of nitrogens with one attached hydrogen (secondary N) is 1. The van der Waals surface area contributed by atoms with Crippen LogP contribution in [-0.4, -0.2) is 63.5 Å². The zero-order chi connectivity index (χ0) is 22.5. The first-order valence-electron chi connectivity index (χ1n) is 11.2. The summed E-state index contributed by atoms with van der Waals surface area (Å²) in [5, 5.41) is 3.00. The Kier molecular flexibility index (Phi) is 6.95. The van der Waals surface area contributed by atoms with E-state index in [1.807, 2.05) is 55.4 Å². The van der Waals surface area contributed by atoms with E-state index in [0.29, 0.717) is 43.4 Å². The standard InChI is InChI=1S/C25H31N3O4/c1-27(2)21-6-3-18(4-7-21)16-26-24(29)17-28-11-9-19(10-12-28)25(30)20-5-8-22-23(15-20)32-14-13-31-22/h3-8,15,19H,9-14,16-17H2,1-2H3,(H,26,29). The molecule has 4 rings (SSSR count). The number of hydrogen-bond donors (Lipinski definition) is 1. The van der Waals surface area contributed by atoms with E-state index >= 15 is 0 Å². The molecule has 1 saturated heterocycles. The summed E-state index contributed by atoms with van der Waals surface area (Å²) in [7, 11) is 4.01. The second-order valence-electron chi connectivity index (χ2n) is 8.61. The SMILES string of the molecule is CN(C)c1ccc(CNC(=O)CN2CCC(C(=O)c3ccc4c(c3)OCCO4)CC2)cc1. The van der Waals surface area contributed by atoms with Crippen LogP contribution in [0.4, 0.5) is 5.69 Å². The van der Waals surface area contributed by atoms with Crippen molar-refractivity contribution >= 4 is 17.4 Å². The van der Waals surface area contributed by atoms with Crippen molar-refractivity contribution in [3.63, 3.8) is 0 Å². The molecule has 7 heteroatoms. The Morgan fingerprint density at radius 1 is 1.00 bits per heavy atom. The number of benzene rings is 2. The van der Waals surface area contributed by atoms with Gasteiger partial charge in [0.15, 0.2) is 17.3 Å². The number of fused-ring (bicyclic) bond motifs is 1. The van der Waals surface area contributed by atoms with Gasteiger partial charge < -0.3 is 19.7 Å². The predicted molar refractivity (Wildman–Crippen MR) is 124 cm³/mol. The fraction of sp³-hybridized carbons (Fsp3) is 0.440. The number of likely N-dealkylation sites (tertiary alicyclic amines) is 1. The summed E-state index contributed by atoms with van der Waals surface area (Å²) in [6, 6.07) is 13.6. The minimum Gasteiger partial charge on any atom is -0.486 e. The molecular weight excluding hydrogens is 406 g/mol. The number of nitrogens with zero attached hydrogens (tertiary/aromatic N) is 2. The maximum Gasteiger partial charge on any atom is 0.234 e. The Bertz CT molecular complexity index is 950. The number of hydrogen-bond acceptors (Lipinski definition) is 6. The molecule has 0 aromatic heterocycles. The summed E-state index contributed by atoms with van der Waals surface area (Å²) >= 11 is 0. The van der Waals surface area contributed by atoms with Crippen molar-refractivity contribution in [3.05, 3.63) is 53.6 Å². The second kappa shape index (κ2) is 10.0. The smallest absolute Gasteiger partial charge is 0.234 e. The van der Waals surface area contributed by atoms with E-state index in [1.54, 1.807) is 6.07 Å². The van der Waals surface area contributed by atoms with E-state index in [0.717, 1.165) is 37.2 Å². The van der Waals surface area contributed by atoms with Crippen LogP contribution >= 0.6 is 0 Å². The molecule has 2 aromatic rings. The molecule has 0 saturated carbocycles. The first kappa shape index (κ1) is 22.1. The van der Waals surface area contributed by atoms with Gasteiger partial charge in [-0.3, -0.25) is 14.5 Å². The molecule has 2 aliphatic heterocycles. The summed E-state index contributed by atoms with van der Waals surface area (Å²) in [4.78, 5) is 29.5. The van der Waals surface area contributed by atoms with Gasteiger partial charge in [0.1, 0.15) is 13.2 Å². The lowest BCUT2D eigenvalue weighted by Crippen LogP contribution is -2.42. The Balaban J connectivity index is 1.22. The van der Waals surface area contributed by atoms with E-state index < -0.39 is 0 Å². The van der Waals surface area contributed by atoms with Gasteiger partial charge in [-0.1, -0.05) is 12.1 Å². The Morgan fingerprint density at radius 3 is 2.38 bits per heavy atom. The molecule has 32 heavy (non-hydrogen) atoms. The maximum atomic E-state index is 12.9. The molecule has 0 aliphatic carbocycles. The largest absolute Gasteiger partial charge is 0.486 e. The highest BCUT2D eigenvalue weighted by atomic mass is 16.6. The topological polar surface area (TPSA) is 71.1 Å². The summed E-state index contributed by atoms with van der Waals surface area (Å²) in [6.45, 7) is 3.41. The number of piperidine rings is 1. The van der Waals surface area contributed by atoms with Crippen LogP contribution < -0.4 is 19.7 Å². The van der Waals surface area contributed by atoms with Crippen molar-refractivity contribution in [1.82, 2.24) is 10.2 Å². The summed E-state index contributed by atoms with van der Waals surface area (Å²) in [5.41, 5.74) is 2.88. The molecule has 2 aromatic carbocycles. The van der Waals surface area contributed by atoms with Gasteiger partial charge in [0.05, 0.1) is 6.54 Å². The lowest BCUT2D eigenvalue weighted by Gasteiger charge is -2.31. The number of ketones is 1. The van der Waals surface area contributed by atoms with E-state index in [1.165, 1.54) is 0 Å². The van der Waals surface area contributed by atoms with E-state index in [-0.39, 0.29) is 17.6 Å². The van der Waals surface area contributed by atoms with Gasteiger partial charge in [0.25, 0.3) is 0 Å². The van der Waals surface area contributed by atoms with Crippen LogP contribution in [0.5, 0.6) is 11.5 Å². The van der Waals surface area contributed by atoms with Crippen LogP contribution in [0.2, 0.25) is 0 Å². The zero-order valence-corrected chi connectivity index (χ0v) is 18.8. The molecule has 1 N–H and O–H groups in total. The molecule has 0 atom stereocenters. The van der Waals surface area contributed by atoms with Gasteiger partial charge in [0.2, 0.25) is 5.91 Å². The van der Waals surface area contributed by atoms with E-state index in [2.05, 4.69) is 10.2 Å². The molecule has 2 heterocycles. The predicted octanol–water partition coefficient (Wildman–Crippen LogP) is 2.73. The number of anilines is 1. The quantitative estimate of drug-likeness (QED) is 0.672. The lowest BCUT2D eigenvalue weighted by molar-refractivity contribution is -0.122. The molecule has 2 aliphatic rings. The van der Waals surface area contributed by atoms with Gasteiger partial charge in [-0.05, 0) is 61.8 Å². The van der Waals surface area contributed by atoms with Crippen molar-refractivity contribution in [2.75, 3.05) is 51.8 Å². The minimum absolute atomic E-state index is 0.0123. The highest BCUT2D eigenvalue weighted by Crippen LogP contribution is 2.32. The van der Waals surface area contributed by atoms with Crippen LogP contribution in [-0.2, 0) is 11.3 Å². The number of carbonyl (C=O) groups is 2. The molecule has 7 nitrogen and oxygen atoms in total. The highest BCUT2D eigenvalue weighted by Gasteiger charge is 2.27. The van der Waals surface area contributed by atoms with Gasteiger partial charge >= 0.3 is 0 Å². The molecule has 0 bridgehead atoms. The Hall–Kier alpha value is -3.06. The molecule has 0 unspecified atom stereocenters. The fourth-order valence-corrected chi connectivity index (χ4v) is 4.16. The molecule has 1 amide bonds. The van der Waals surface area contributed by atoms with Crippen LogP contribution in [0, 0.1) is 5.92 Å². The summed E-state index contributed by atoms with van der Waals surface area (Å²) in [6.07, 6.45) is 1.51. The van der Waals surface area contributed by atoms with Gasteiger partial charge in [0, 0.05) is 37.8 Å². The minimum atomic E-state index is -0.0212. The van der Waals surface area contributed by atoms with E-state index in [9.17, 15) is 9.59 Å². The first-order chi connectivity index (χ1) is 15.5. The van der Waals surface area contributed by atoms with Crippen molar-refractivity contribution < 1.29 is 19.1 Å². The van der Waals surface area contributed by atoms with Crippen LogP contribution in [0.1, 0.15) is 28.8 Å². The number of ether oxygens (including phenoxy) is 2. The van der Waals surface area contributed by atoms with Crippen molar-refractivity contribution in [2.24, 2.45) is 5.92 Å².